The minimum absolute atomic E-state index is 0.205. The lowest BCUT2D eigenvalue weighted by atomic mass is 9.93. The van der Waals surface area contributed by atoms with Gasteiger partial charge >= 0.3 is 6.03 Å². The fourth-order valence-corrected chi connectivity index (χ4v) is 3.63. The van der Waals surface area contributed by atoms with Crippen LogP contribution in [0.5, 0.6) is 0 Å². The molecular weight excluding hydrogens is 436 g/mol. The third-order valence-corrected chi connectivity index (χ3v) is 5.29. The number of benzene rings is 3. The number of hydrogen-bond acceptors (Lipinski definition) is 7. The minimum Gasteiger partial charge on any atom is -0.273 e. The van der Waals surface area contributed by atoms with Crippen LogP contribution < -0.4 is 9.80 Å². The molecule has 1 atom stereocenters. The molecule has 166 valence electrons. The van der Waals surface area contributed by atoms with Gasteiger partial charge in [0.05, 0.1) is 22.7 Å². The number of urea groups is 1. The zero-order valence-corrected chi connectivity index (χ0v) is 17.8. The minimum atomic E-state index is -1.32. The molecule has 0 radical (unpaired) electrons. The van der Waals surface area contributed by atoms with Gasteiger partial charge in [-0.1, -0.05) is 29.8 Å². The summed E-state index contributed by atoms with van der Waals surface area (Å²) in [7, 11) is 0. The fourth-order valence-electron chi connectivity index (χ4n) is 3.63. The van der Waals surface area contributed by atoms with E-state index >= 15 is 0 Å². The maximum atomic E-state index is 13.5. The Bertz CT molecular complexity index is 1280. The first-order valence-corrected chi connectivity index (χ1v) is 10.1. The molecule has 0 aliphatic carbocycles. The van der Waals surface area contributed by atoms with Gasteiger partial charge in [0, 0.05) is 0 Å². The van der Waals surface area contributed by atoms with Crippen LogP contribution in [0.3, 0.4) is 0 Å². The summed E-state index contributed by atoms with van der Waals surface area (Å²) in [5.41, 5.74) is 2.39. The van der Waals surface area contributed by atoms with Gasteiger partial charge in [0.1, 0.15) is 5.92 Å². The molecule has 1 saturated heterocycles. The van der Waals surface area contributed by atoms with E-state index < -0.39 is 23.8 Å². The number of carbonyl (C=O) groups is 3. The normalized spacial score (nSPS) is 15.6. The summed E-state index contributed by atoms with van der Waals surface area (Å²) >= 11 is 0. The van der Waals surface area contributed by atoms with Gasteiger partial charge in [-0.15, -0.1) is 0 Å². The van der Waals surface area contributed by atoms with Gasteiger partial charge in [-0.3, -0.25) is 9.59 Å². The Kier molecular flexibility index (Phi) is 6.05. The predicted molar refractivity (Wildman–Crippen MR) is 123 cm³/mol. The summed E-state index contributed by atoms with van der Waals surface area (Å²) in [4.78, 5) is 70.3. The highest BCUT2D eigenvalue weighted by molar-refractivity contribution is 6.38. The summed E-state index contributed by atoms with van der Waals surface area (Å²) in [5.74, 6) is -2.76. The molecule has 0 saturated carbocycles. The van der Waals surface area contributed by atoms with Crippen LogP contribution in [0.1, 0.15) is 17.0 Å². The Hall–Kier alpha value is -4.97. The van der Waals surface area contributed by atoms with Crippen LogP contribution in [0.15, 0.2) is 82.8 Å². The lowest BCUT2D eigenvalue weighted by Crippen LogP contribution is -2.59. The highest BCUT2D eigenvalue weighted by atomic mass is 16.2. The third-order valence-electron chi connectivity index (χ3n) is 5.29. The number of aliphatic imine (C=N–C) groups is 2. The molecule has 0 bridgehead atoms. The molecule has 1 aliphatic rings. The van der Waals surface area contributed by atoms with E-state index in [1.165, 1.54) is 60.7 Å². The fraction of sp³-hybridized carbons (Fsp3) is 0.0800. The highest BCUT2D eigenvalue weighted by Crippen LogP contribution is 2.34. The van der Waals surface area contributed by atoms with Crippen molar-refractivity contribution in [3.8, 4) is 0 Å². The summed E-state index contributed by atoms with van der Waals surface area (Å²) in [5, 5.41) is 0. The van der Waals surface area contributed by atoms with Crippen molar-refractivity contribution >= 4 is 52.8 Å². The van der Waals surface area contributed by atoms with E-state index in [1.807, 2.05) is 6.92 Å². The number of anilines is 2. The summed E-state index contributed by atoms with van der Waals surface area (Å²) in [6.07, 6.45) is 2.85. The zero-order valence-electron chi connectivity index (χ0n) is 17.8. The molecule has 9 heteroatoms. The predicted octanol–water partition coefficient (Wildman–Crippen LogP) is 4.21. The molecule has 1 unspecified atom stereocenters. The maximum absolute atomic E-state index is 13.5. The van der Waals surface area contributed by atoms with Crippen molar-refractivity contribution in [1.29, 1.82) is 0 Å². The molecule has 0 spiro atoms. The van der Waals surface area contributed by atoms with Crippen LogP contribution in [0, 0.1) is 6.92 Å². The molecule has 3 aromatic carbocycles. The summed E-state index contributed by atoms with van der Waals surface area (Å²) in [6.45, 7) is 1.87. The van der Waals surface area contributed by atoms with E-state index in [0.717, 1.165) is 15.4 Å². The SMILES string of the molecule is Cc1ccc(N2C(=O)C(c3ccc(N=C=O)cc3)C(=O)N(c3ccc(N=C=O)cc3)C2=O)cc1. The number of amides is 4. The first kappa shape index (κ1) is 22.2. The Labute approximate surface area is 193 Å². The van der Waals surface area contributed by atoms with Crippen molar-refractivity contribution in [2.75, 3.05) is 9.80 Å². The lowest BCUT2D eigenvalue weighted by molar-refractivity contribution is -0.129. The highest BCUT2D eigenvalue weighted by Gasteiger charge is 2.48. The molecule has 1 aliphatic heterocycles. The number of hydrogen-bond donors (Lipinski definition) is 0. The largest absolute Gasteiger partial charge is 0.342 e. The second-order valence-corrected chi connectivity index (χ2v) is 7.41. The number of barbiturate groups is 1. The van der Waals surface area contributed by atoms with E-state index in [0.29, 0.717) is 22.6 Å². The van der Waals surface area contributed by atoms with Gasteiger partial charge in [-0.05, 0) is 61.0 Å². The summed E-state index contributed by atoms with van der Waals surface area (Å²) in [6, 6.07) is 17.7. The van der Waals surface area contributed by atoms with Crippen LogP contribution in [0.25, 0.3) is 0 Å². The lowest BCUT2D eigenvalue weighted by Gasteiger charge is -2.37. The molecule has 9 nitrogen and oxygen atoms in total. The third kappa shape index (κ3) is 4.08. The zero-order chi connectivity index (χ0) is 24.2. The monoisotopic (exact) mass is 452 g/mol. The standard InChI is InChI=1S/C25H16N4O5/c1-16-2-10-20(11-3-16)28-23(32)22(17-4-6-18(7-5-17)26-14-30)24(33)29(25(28)34)21-12-8-19(9-13-21)27-15-31/h2-13,22H,1H3. The van der Waals surface area contributed by atoms with Crippen LogP contribution in [-0.2, 0) is 19.2 Å². The van der Waals surface area contributed by atoms with Gasteiger partial charge in [0.25, 0.3) is 11.8 Å². The van der Waals surface area contributed by atoms with Gasteiger partial charge in [0.15, 0.2) is 0 Å². The first-order chi connectivity index (χ1) is 16.4. The smallest absolute Gasteiger partial charge is 0.273 e. The van der Waals surface area contributed by atoms with Crippen molar-refractivity contribution < 1.29 is 24.0 Å². The maximum Gasteiger partial charge on any atom is 0.342 e. The van der Waals surface area contributed by atoms with Gasteiger partial charge < -0.3 is 0 Å². The van der Waals surface area contributed by atoms with Gasteiger partial charge in [0.2, 0.25) is 12.2 Å². The molecule has 4 rings (SSSR count). The first-order valence-electron chi connectivity index (χ1n) is 10.1. The molecule has 0 aromatic heterocycles. The molecule has 3 aromatic rings. The van der Waals surface area contributed by atoms with E-state index in [-0.39, 0.29) is 5.69 Å². The summed E-state index contributed by atoms with van der Waals surface area (Å²) < 4.78 is 0. The topological polar surface area (TPSA) is 117 Å². The van der Waals surface area contributed by atoms with Crippen LogP contribution in [0.4, 0.5) is 27.5 Å². The van der Waals surface area contributed by atoms with E-state index in [2.05, 4.69) is 9.98 Å². The number of carbonyl (C=O) groups excluding carboxylic acids is 5. The van der Waals surface area contributed by atoms with Gasteiger partial charge in [-0.2, -0.15) is 9.98 Å². The quantitative estimate of drug-likeness (QED) is 0.327. The average Bonchev–Trinajstić information content (AvgIpc) is 2.83. The molecule has 0 N–H and O–H groups in total. The van der Waals surface area contributed by atoms with E-state index in [9.17, 15) is 24.0 Å². The van der Waals surface area contributed by atoms with E-state index in [4.69, 9.17) is 0 Å². The van der Waals surface area contributed by atoms with Crippen LogP contribution >= 0.6 is 0 Å². The second kappa shape index (κ2) is 9.26. The Morgan fingerprint density at radius 1 is 0.647 bits per heavy atom. The number of aryl methyl sites for hydroxylation is 1. The Balaban J connectivity index is 1.83. The molecule has 4 amide bonds. The van der Waals surface area contributed by atoms with E-state index in [1.54, 1.807) is 24.3 Å². The Morgan fingerprint density at radius 3 is 1.50 bits per heavy atom. The second-order valence-electron chi connectivity index (χ2n) is 7.41. The molecule has 1 fully saturated rings. The Morgan fingerprint density at radius 2 is 1.06 bits per heavy atom. The van der Waals surface area contributed by atoms with Crippen molar-refractivity contribution in [3.05, 3.63) is 83.9 Å². The molecule has 34 heavy (non-hydrogen) atoms. The van der Waals surface area contributed by atoms with Gasteiger partial charge in [-0.25, -0.2) is 24.2 Å². The number of isocyanates is 2. The number of rotatable bonds is 5. The average molecular weight is 452 g/mol. The number of imide groups is 2. The van der Waals surface area contributed by atoms with Crippen molar-refractivity contribution in [3.63, 3.8) is 0 Å². The van der Waals surface area contributed by atoms with Crippen molar-refractivity contribution in [2.45, 2.75) is 12.8 Å². The van der Waals surface area contributed by atoms with Crippen LogP contribution in [0.2, 0.25) is 0 Å². The van der Waals surface area contributed by atoms with Crippen LogP contribution in [-0.4, -0.2) is 30.0 Å². The molecular formula is C25H16N4O5. The number of nitrogens with zero attached hydrogens (tertiary/aromatic N) is 4. The van der Waals surface area contributed by atoms with Crippen molar-refractivity contribution in [2.24, 2.45) is 9.98 Å². The van der Waals surface area contributed by atoms with Crippen molar-refractivity contribution in [1.82, 2.24) is 0 Å². The molecule has 1 heterocycles.